The van der Waals surface area contributed by atoms with Gasteiger partial charge in [-0.2, -0.15) is 0 Å². The summed E-state index contributed by atoms with van der Waals surface area (Å²) in [5.41, 5.74) is 0.944. The maximum absolute atomic E-state index is 11.5. The molecule has 1 aliphatic carbocycles. The summed E-state index contributed by atoms with van der Waals surface area (Å²) >= 11 is 0. The Morgan fingerprint density at radius 3 is 1.92 bits per heavy atom. The summed E-state index contributed by atoms with van der Waals surface area (Å²) in [6, 6.07) is 1.81. The van der Waals surface area contributed by atoms with Crippen LogP contribution in [0.4, 0.5) is 0 Å². The standard InChI is InChI=1S/C33H63N3O2/c1-14-19-35(20-15-2)21-17-30(8,9)34-18-16-31(10,11)36-26(37)22-25(27(36)38)29(6,7)23-32(12)24-33(32,13)28(3,4)5/h22,34,37-38H,14-21,23-24H2,1-13H3. The van der Waals surface area contributed by atoms with Crippen LogP contribution in [0, 0.1) is 16.2 Å². The molecule has 1 aliphatic rings. The molecular formula is C33H63N3O2. The van der Waals surface area contributed by atoms with Crippen LogP contribution in [0.3, 0.4) is 0 Å². The van der Waals surface area contributed by atoms with E-state index in [2.05, 4.69) is 100 Å². The monoisotopic (exact) mass is 533 g/mol. The highest BCUT2D eigenvalue weighted by Crippen LogP contribution is 2.74. The first-order valence-electron chi connectivity index (χ1n) is 15.3. The number of rotatable bonds is 15. The van der Waals surface area contributed by atoms with Crippen molar-refractivity contribution in [2.24, 2.45) is 16.2 Å². The Labute approximate surface area is 235 Å². The number of nitrogens with one attached hydrogen (secondary N) is 1. The first kappa shape index (κ1) is 33.0. The van der Waals surface area contributed by atoms with Gasteiger partial charge in [-0.15, -0.1) is 0 Å². The number of hydrogen-bond donors (Lipinski definition) is 3. The molecule has 0 saturated heterocycles. The molecule has 2 unspecified atom stereocenters. The molecule has 1 saturated carbocycles. The molecule has 0 bridgehead atoms. The van der Waals surface area contributed by atoms with Gasteiger partial charge < -0.3 is 20.4 Å². The molecule has 3 N–H and O–H groups in total. The lowest BCUT2D eigenvalue weighted by Crippen LogP contribution is -2.44. The molecule has 1 aromatic rings. The normalized spacial score (nSPS) is 22.9. The van der Waals surface area contributed by atoms with E-state index in [1.54, 1.807) is 4.57 Å². The summed E-state index contributed by atoms with van der Waals surface area (Å²) in [4.78, 5) is 2.57. The lowest BCUT2D eigenvalue weighted by molar-refractivity contribution is 0.156. The van der Waals surface area contributed by atoms with Crippen molar-refractivity contribution in [1.29, 1.82) is 0 Å². The third kappa shape index (κ3) is 7.11. The molecule has 38 heavy (non-hydrogen) atoms. The van der Waals surface area contributed by atoms with Crippen LogP contribution >= 0.6 is 0 Å². The second-order valence-electron chi connectivity index (χ2n) is 15.9. The van der Waals surface area contributed by atoms with E-state index in [9.17, 15) is 10.2 Å². The zero-order chi connectivity index (χ0) is 29.4. The van der Waals surface area contributed by atoms with Gasteiger partial charge in [-0.25, -0.2) is 0 Å². The minimum atomic E-state index is -0.425. The van der Waals surface area contributed by atoms with E-state index in [0.717, 1.165) is 51.0 Å². The van der Waals surface area contributed by atoms with Crippen LogP contribution < -0.4 is 5.32 Å². The van der Waals surface area contributed by atoms with Crippen LogP contribution in [-0.2, 0) is 11.0 Å². The highest BCUT2D eigenvalue weighted by molar-refractivity contribution is 5.42. The Balaban J connectivity index is 2.09. The van der Waals surface area contributed by atoms with Crippen LogP contribution in [-0.4, -0.2) is 51.4 Å². The Bertz CT molecular complexity index is 917. The van der Waals surface area contributed by atoms with Crippen LogP contribution in [0.25, 0.3) is 0 Å². The van der Waals surface area contributed by atoms with E-state index in [0.29, 0.717) is 0 Å². The van der Waals surface area contributed by atoms with Crippen molar-refractivity contribution in [3.8, 4) is 11.8 Å². The van der Waals surface area contributed by atoms with Gasteiger partial charge in [0.15, 0.2) is 11.8 Å². The van der Waals surface area contributed by atoms with Gasteiger partial charge in [0.2, 0.25) is 0 Å². The predicted molar refractivity (Wildman–Crippen MR) is 163 cm³/mol. The minimum absolute atomic E-state index is 0.0309. The van der Waals surface area contributed by atoms with Crippen LogP contribution in [0.1, 0.15) is 134 Å². The fraction of sp³-hybridized carbons (Fsp3) is 0.879. The molecule has 2 atom stereocenters. The Hall–Kier alpha value is -1.20. The van der Waals surface area contributed by atoms with Gasteiger partial charge in [0.05, 0.1) is 0 Å². The second kappa shape index (κ2) is 11.4. The van der Waals surface area contributed by atoms with Crippen molar-refractivity contribution in [3.63, 3.8) is 0 Å². The molecule has 222 valence electrons. The number of aromatic nitrogens is 1. The molecular weight excluding hydrogens is 470 g/mol. The molecule has 0 aliphatic heterocycles. The molecule has 1 fully saturated rings. The average molecular weight is 534 g/mol. The van der Waals surface area contributed by atoms with Crippen molar-refractivity contribution >= 4 is 0 Å². The van der Waals surface area contributed by atoms with E-state index in [1.165, 1.54) is 19.3 Å². The van der Waals surface area contributed by atoms with E-state index in [1.807, 2.05) is 6.07 Å². The number of hydrogen-bond acceptors (Lipinski definition) is 4. The lowest BCUT2D eigenvalue weighted by Gasteiger charge is -2.36. The quantitative estimate of drug-likeness (QED) is 0.213. The van der Waals surface area contributed by atoms with Crippen molar-refractivity contribution < 1.29 is 10.2 Å². The number of aromatic hydroxyl groups is 2. The summed E-state index contributed by atoms with van der Waals surface area (Å²) in [7, 11) is 0. The van der Waals surface area contributed by atoms with Gasteiger partial charge in [0.25, 0.3) is 0 Å². The smallest absolute Gasteiger partial charge is 0.198 e. The Kier molecular flexibility index (Phi) is 9.86. The summed E-state index contributed by atoms with van der Waals surface area (Å²) in [6.45, 7) is 33.8. The van der Waals surface area contributed by atoms with Gasteiger partial charge in [0.1, 0.15) is 0 Å². The lowest BCUT2D eigenvalue weighted by atomic mass is 9.68. The van der Waals surface area contributed by atoms with Crippen molar-refractivity contribution in [2.75, 3.05) is 26.2 Å². The molecule has 1 heterocycles. The van der Waals surface area contributed by atoms with Crippen LogP contribution in [0.15, 0.2) is 6.07 Å². The van der Waals surface area contributed by atoms with E-state index >= 15 is 0 Å². The van der Waals surface area contributed by atoms with Crippen molar-refractivity contribution in [1.82, 2.24) is 14.8 Å². The molecule has 0 aromatic carbocycles. The second-order valence-corrected chi connectivity index (χ2v) is 15.9. The third-order valence-electron chi connectivity index (χ3n) is 10.2. The molecule has 5 nitrogen and oxygen atoms in total. The maximum Gasteiger partial charge on any atom is 0.198 e. The SMILES string of the molecule is CCCN(CCC)CCC(C)(C)NCCC(C)(C)n1c(O)cc(C(C)(C)CC2(C)CC2(C)C(C)(C)C)c1O. The first-order valence-corrected chi connectivity index (χ1v) is 15.3. The zero-order valence-corrected chi connectivity index (χ0v) is 27.4. The zero-order valence-electron chi connectivity index (χ0n) is 27.4. The fourth-order valence-electron chi connectivity index (χ4n) is 7.13. The topological polar surface area (TPSA) is 60.7 Å². The van der Waals surface area contributed by atoms with E-state index < -0.39 is 5.54 Å². The fourth-order valence-corrected chi connectivity index (χ4v) is 7.13. The van der Waals surface area contributed by atoms with Gasteiger partial charge in [0, 0.05) is 22.7 Å². The largest absolute Gasteiger partial charge is 0.494 e. The summed E-state index contributed by atoms with van der Waals surface area (Å²) in [6.07, 6.45) is 6.47. The third-order valence-corrected chi connectivity index (χ3v) is 10.2. The van der Waals surface area contributed by atoms with Crippen molar-refractivity contribution in [3.05, 3.63) is 11.6 Å². The first-order chi connectivity index (χ1) is 17.2. The summed E-state index contributed by atoms with van der Waals surface area (Å²) < 4.78 is 1.75. The van der Waals surface area contributed by atoms with Gasteiger partial charge >= 0.3 is 0 Å². The summed E-state index contributed by atoms with van der Waals surface area (Å²) in [5, 5.41) is 26.3. The predicted octanol–water partition coefficient (Wildman–Crippen LogP) is 8.03. The summed E-state index contributed by atoms with van der Waals surface area (Å²) in [5.74, 6) is 0.373. The molecule has 5 heteroatoms. The maximum atomic E-state index is 11.5. The molecule has 0 radical (unpaired) electrons. The minimum Gasteiger partial charge on any atom is -0.494 e. The van der Waals surface area contributed by atoms with E-state index in [4.69, 9.17) is 0 Å². The van der Waals surface area contributed by atoms with Crippen LogP contribution in [0.2, 0.25) is 0 Å². The Morgan fingerprint density at radius 1 is 0.895 bits per heavy atom. The molecule has 0 amide bonds. The van der Waals surface area contributed by atoms with Crippen LogP contribution in [0.5, 0.6) is 11.8 Å². The molecule has 1 aromatic heterocycles. The van der Waals surface area contributed by atoms with E-state index in [-0.39, 0.29) is 39.0 Å². The van der Waals surface area contributed by atoms with Gasteiger partial charge in [-0.3, -0.25) is 4.57 Å². The highest BCUT2D eigenvalue weighted by Gasteiger charge is 2.66. The molecule has 0 spiro atoms. The molecule has 2 rings (SSSR count). The Morgan fingerprint density at radius 2 is 1.45 bits per heavy atom. The average Bonchev–Trinajstić information content (AvgIpc) is 3.14. The number of nitrogens with zero attached hydrogens (tertiary/aromatic N) is 2. The van der Waals surface area contributed by atoms with Gasteiger partial charge in [-0.1, -0.05) is 62.3 Å². The van der Waals surface area contributed by atoms with Crippen molar-refractivity contribution in [2.45, 2.75) is 145 Å². The van der Waals surface area contributed by atoms with Gasteiger partial charge in [-0.05, 0) is 114 Å². The highest BCUT2D eigenvalue weighted by atomic mass is 16.3.